The molecule has 0 unspecified atom stereocenters. The predicted molar refractivity (Wildman–Crippen MR) is 149 cm³/mol. The molecule has 0 radical (unpaired) electrons. The van der Waals surface area contributed by atoms with Crippen molar-refractivity contribution in [1.82, 2.24) is 14.9 Å². The van der Waals surface area contributed by atoms with E-state index in [9.17, 15) is 0 Å². The van der Waals surface area contributed by atoms with E-state index >= 15 is 0 Å². The van der Waals surface area contributed by atoms with E-state index in [0.717, 1.165) is 33.3 Å². The molecule has 5 rings (SSSR count). The minimum absolute atomic E-state index is 0.0565. The van der Waals surface area contributed by atoms with Gasteiger partial charge in [-0.2, -0.15) is 0 Å². The van der Waals surface area contributed by atoms with Crippen molar-refractivity contribution in [2.45, 2.75) is 46.7 Å². The van der Waals surface area contributed by atoms with Gasteiger partial charge in [-0.05, 0) is 112 Å². The Balaban J connectivity index is 1.71. The molecule has 0 spiro atoms. The topological polar surface area (TPSA) is 33.1 Å². The fraction of sp³-hybridized carbons (Fsp3) is 0.241. The van der Waals surface area contributed by atoms with Crippen molar-refractivity contribution in [2.24, 2.45) is 0 Å². The number of anilines is 1. The minimum atomic E-state index is -0.0836. The zero-order valence-corrected chi connectivity index (χ0v) is 22.2. The monoisotopic (exact) mass is 500 g/mol. The fourth-order valence-electron chi connectivity index (χ4n) is 5.12. The summed E-state index contributed by atoms with van der Waals surface area (Å²) < 4.78 is 2.30. The number of aromatic nitrogens is 2. The van der Waals surface area contributed by atoms with Gasteiger partial charge in [-0.25, -0.2) is 0 Å². The number of halogens is 1. The van der Waals surface area contributed by atoms with Gasteiger partial charge in [0.1, 0.15) is 0 Å². The molecule has 178 valence electrons. The summed E-state index contributed by atoms with van der Waals surface area (Å²) in [6.07, 6.45) is 1.84. The normalized spacial score (nSPS) is 17.7. The minimum Gasteiger partial charge on any atom is -0.351 e. The molecule has 0 bridgehead atoms. The van der Waals surface area contributed by atoms with Gasteiger partial charge in [0, 0.05) is 34.0 Å². The summed E-state index contributed by atoms with van der Waals surface area (Å²) >= 11 is 12.4. The van der Waals surface area contributed by atoms with Crippen LogP contribution in [0, 0.1) is 34.6 Å². The van der Waals surface area contributed by atoms with Crippen LogP contribution in [0.1, 0.15) is 51.4 Å². The van der Waals surface area contributed by atoms with Crippen LogP contribution in [0.15, 0.2) is 66.9 Å². The van der Waals surface area contributed by atoms with E-state index in [-0.39, 0.29) is 12.1 Å². The van der Waals surface area contributed by atoms with Crippen LogP contribution in [0.3, 0.4) is 0 Å². The zero-order chi connectivity index (χ0) is 24.9. The smallest absolute Gasteiger partial charge is 0.174 e. The molecule has 2 atom stereocenters. The second-order valence-corrected chi connectivity index (χ2v) is 10.1. The van der Waals surface area contributed by atoms with Crippen molar-refractivity contribution in [2.75, 3.05) is 4.90 Å². The lowest BCUT2D eigenvalue weighted by molar-refractivity contribution is 0.565. The lowest BCUT2D eigenvalue weighted by Crippen LogP contribution is -2.29. The van der Waals surface area contributed by atoms with E-state index in [1.54, 1.807) is 0 Å². The Morgan fingerprint density at radius 1 is 0.914 bits per heavy atom. The summed E-state index contributed by atoms with van der Waals surface area (Å²) in [5.74, 6) is 0. The van der Waals surface area contributed by atoms with E-state index in [0.29, 0.717) is 5.11 Å². The number of rotatable bonds is 4. The van der Waals surface area contributed by atoms with Gasteiger partial charge in [-0.15, -0.1) is 0 Å². The van der Waals surface area contributed by atoms with Crippen molar-refractivity contribution in [3.63, 3.8) is 0 Å². The largest absolute Gasteiger partial charge is 0.351 e. The van der Waals surface area contributed by atoms with Crippen LogP contribution in [0.25, 0.3) is 5.69 Å². The summed E-state index contributed by atoms with van der Waals surface area (Å²) in [5.41, 5.74) is 10.2. The van der Waals surface area contributed by atoms with Gasteiger partial charge in [-0.3, -0.25) is 4.98 Å². The molecule has 1 aliphatic heterocycles. The molecule has 2 aromatic heterocycles. The van der Waals surface area contributed by atoms with Gasteiger partial charge in [0.25, 0.3) is 0 Å². The van der Waals surface area contributed by atoms with Gasteiger partial charge in [0.2, 0.25) is 0 Å². The van der Waals surface area contributed by atoms with E-state index in [4.69, 9.17) is 28.8 Å². The SMILES string of the molecule is Cc1ccc(N2C(=S)N[C@H](c3ccccn3)[C@H]2c2cc(C)n(-c3cccc(Cl)c3C)c2C)cc1C. The number of benzene rings is 2. The van der Waals surface area contributed by atoms with E-state index in [1.807, 2.05) is 30.5 Å². The Kier molecular flexibility index (Phi) is 6.16. The van der Waals surface area contributed by atoms with Crippen LogP contribution >= 0.6 is 23.8 Å². The molecular formula is C29H29ClN4S. The maximum Gasteiger partial charge on any atom is 0.174 e. The summed E-state index contributed by atoms with van der Waals surface area (Å²) in [6.45, 7) is 10.7. The van der Waals surface area contributed by atoms with Gasteiger partial charge < -0.3 is 14.8 Å². The molecule has 4 nitrogen and oxygen atoms in total. The van der Waals surface area contributed by atoms with Crippen molar-refractivity contribution >= 4 is 34.6 Å². The number of nitrogens with one attached hydrogen (secondary N) is 1. The first kappa shape index (κ1) is 23.6. The van der Waals surface area contributed by atoms with Gasteiger partial charge >= 0.3 is 0 Å². The fourth-order valence-corrected chi connectivity index (χ4v) is 5.64. The molecule has 1 aliphatic rings. The summed E-state index contributed by atoms with van der Waals surface area (Å²) in [7, 11) is 0. The number of pyridine rings is 1. The summed E-state index contributed by atoms with van der Waals surface area (Å²) in [5, 5.41) is 5.06. The Hall–Kier alpha value is -3.15. The van der Waals surface area contributed by atoms with Crippen LogP contribution in [-0.4, -0.2) is 14.7 Å². The first-order chi connectivity index (χ1) is 16.8. The zero-order valence-electron chi connectivity index (χ0n) is 20.6. The van der Waals surface area contributed by atoms with Crippen molar-refractivity contribution in [3.8, 4) is 5.69 Å². The highest BCUT2D eigenvalue weighted by Crippen LogP contribution is 2.44. The molecule has 0 saturated carbocycles. The standard InChI is InChI=1S/C29H29ClN4S/c1-17-12-13-22(15-18(17)2)34-28(27(32-29(34)35)25-10-6-7-14-31-25)23-16-19(3)33(21(23)5)26-11-8-9-24(30)20(26)4/h6-16,27-28H,1-5H3,(H,32,35)/t27-,28-/m1/s1. The average molecular weight is 501 g/mol. The van der Waals surface area contributed by atoms with Crippen LogP contribution in [0.5, 0.6) is 0 Å². The highest BCUT2D eigenvalue weighted by atomic mass is 35.5. The third-order valence-electron chi connectivity index (χ3n) is 7.14. The molecule has 1 fully saturated rings. The number of nitrogens with zero attached hydrogens (tertiary/aromatic N) is 3. The summed E-state index contributed by atoms with van der Waals surface area (Å²) in [6, 6.07) is 20.8. The lowest BCUT2D eigenvalue weighted by Gasteiger charge is -2.28. The first-order valence-electron chi connectivity index (χ1n) is 11.8. The van der Waals surface area contributed by atoms with Crippen LogP contribution < -0.4 is 10.2 Å². The van der Waals surface area contributed by atoms with Gasteiger partial charge in [0.05, 0.1) is 17.8 Å². The van der Waals surface area contributed by atoms with Gasteiger partial charge in [0.15, 0.2) is 5.11 Å². The maximum absolute atomic E-state index is 6.50. The predicted octanol–water partition coefficient (Wildman–Crippen LogP) is 7.24. The third kappa shape index (κ3) is 4.03. The average Bonchev–Trinajstić information content (AvgIpc) is 3.33. The molecule has 3 heterocycles. The molecule has 1 N–H and O–H groups in total. The number of hydrogen-bond donors (Lipinski definition) is 1. The van der Waals surface area contributed by atoms with Crippen LogP contribution in [-0.2, 0) is 0 Å². The van der Waals surface area contributed by atoms with E-state index in [1.165, 1.54) is 22.4 Å². The molecule has 0 amide bonds. The van der Waals surface area contributed by atoms with E-state index < -0.39 is 0 Å². The number of thiocarbonyl (C=S) groups is 1. The van der Waals surface area contributed by atoms with Gasteiger partial charge in [-0.1, -0.05) is 29.8 Å². The number of hydrogen-bond acceptors (Lipinski definition) is 2. The Labute approximate surface area is 217 Å². The quantitative estimate of drug-likeness (QED) is 0.299. The maximum atomic E-state index is 6.50. The molecule has 4 aromatic rings. The Bertz CT molecular complexity index is 1430. The molecule has 0 aliphatic carbocycles. The number of aryl methyl sites for hydroxylation is 3. The van der Waals surface area contributed by atoms with E-state index in [2.05, 4.69) is 85.8 Å². The summed E-state index contributed by atoms with van der Waals surface area (Å²) in [4.78, 5) is 6.95. The second-order valence-electron chi connectivity index (χ2n) is 9.31. The highest BCUT2D eigenvalue weighted by Gasteiger charge is 2.42. The Morgan fingerprint density at radius 3 is 2.43 bits per heavy atom. The van der Waals surface area contributed by atoms with Crippen LogP contribution in [0.4, 0.5) is 5.69 Å². The first-order valence-corrected chi connectivity index (χ1v) is 12.6. The van der Waals surface area contributed by atoms with Crippen molar-refractivity contribution in [3.05, 3.63) is 111 Å². The van der Waals surface area contributed by atoms with Crippen molar-refractivity contribution in [1.29, 1.82) is 0 Å². The molecular weight excluding hydrogens is 472 g/mol. The van der Waals surface area contributed by atoms with Crippen LogP contribution in [0.2, 0.25) is 5.02 Å². The molecule has 2 aromatic carbocycles. The van der Waals surface area contributed by atoms with Crippen molar-refractivity contribution < 1.29 is 0 Å². The lowest BCUT2D eigenvalue weighted by atomic mass is 9.96. The molecule has 1 saturated heterocycles. The second kappa shape index (κ2) is 9.14. The Morgan fingerprint density at radius 2 is 1.71 bits per heavy atom. The third-order valence-corrected chi connectivity index (χ3v) is 7.86. The highest BCUT2D eigenvalue weighted by molar-refractivity contribution is 7.80. The molecule has 35 heavy (non-hydrogen) atoms. The molecule has 6 heteroatoms.